The van der Waals surface area contributed by atoms with Crippen LogP contribution < -0.4 is 5.32 Å². The summed E-state index contributed by atoms with van der Waals surface area (Å²) in [4.78, 5) is 84.4. The number of benzene rings is 3. The van der Waals surface area contributed by atoms with Gasteiger partial charge in [-0.2, -0.15) is 0 Å². The molecule has 0 saturated carbocycles. The summed E-state index contributed by atoms with van der Waals surface area (Å²) in [5.74, 6) is -1.90. The molecule has 20 heteroatoms. The summed E-state index contributed by atoms with van der Waals surface area (Å²) in [5.41, 5.74) is 1.10. The molecule has 1 fully saturated rings. The molecule has 5 rings (SSSR count). The Morgan fingerprint density at radius 2 is 1.24 bits per heavy atom. The molecule has 2 aliphatic heterocycles. The van der Waals surface area contributed by atoms with Gasteiger partial charge in [0.2, 0.25) is 5.91 Å². The molecule has 2 amide bonds. The number of carbonyl (C=O) groups is 4. The van der Waals surface area contributed by atoms with Crippen molar-refractivity contribution in [1.82, 2.24) is 10.2 Å². The molecule has 0 unspecified atom stereocenters. The van der Waals surface area contributed by atoms with Crippen molar-refractivity contribution < 1.29 is 52.9 Å². The predicted molar refractivity (Wildman–Crippen MR) is 186 cm³/mol. The minimum absolute atomic E-state index is 0.0122. The lowest BCUT2D eigenvalue weighted by Crippen LogP contribution is -2.62. The van der Waals surface area contributed by atoms with Gasteiger partial charge in [-0.3, -0.25) is 35.1 Å². The maximum absolute atomic E-state index is 13.4. The molecule has 19 nitrogen and oxygen atoms in total. The van der Waals surface area contributed by atoms with Gasteiger partial charge >= 0.3 is 18.2 Å². The first-order valence-electron chi connectivity index (χ1n) is 16.1. The quantitative estimate of drug-likeness (QED) is 0.0485. The van der Waals surface area contributed by atoms with E-state index in [2.05, 4.69) is 5.32 Å². The third kappa shape index (κ3) is 9.45. The van der Waals surface area contributed by atoms with Crippen molar-refractivity contribution in [3.05, 3.63) is 130 Å². The Kier molecular flexibility index (Phi) is 12.4. The van der Waals surface area contributed by atoms with Crippen molar-refractivity contribution in [1.29, 1.82) is 0 Å². The lowest BCUT2D eigenvalue weighted by molar-refractivity contribution is -0.385. The van der Waals surface area contributed by atoms with Crippen LogP contribution >= 0.6 is 11.8 Å². The van der Waals surface area contributed by atoms with Crippen molar-refractivity contribution in [2.45, 2.75) is 45.3 Å². The van der Waals surface area contributed by atoms with Crippen LogP contribution in [0.25, 0.3) is 0 Å². The van der Waals surface area contributed by atoms with Gasteiger partial charge in [-0.15, -0.1) is 11.8 Å². The number of ether oxygens (including phenoxy) is 4. The first-order valence-corrected chi connectivity index (χ1v) is 17.1. The zero-order valence-electron chi connectivity index (χ0n) is 28.3. The second-order valence-electron chi connectivity index (χ2n) is 11.8. The molecule has 0 aliphatic carbocycles. The number of β-lactam (4-membered cyclic amide) rings is 1. The van der Waals surface area contributed by atoms with Gasteiger partial charge < -0.3 is 29.2 Å². The highest BCUT2D eigenvalue weighted by Crippen LogP contribution is 2.48. The summed E-state index contributed by atoms with van der Waals surface area (Å²) < 4.78 is 21.2. The van der Waals surface area contributed by atoms with Crippen LogP contribution in [0.15, 0.2) is 83.4 Å². The molecule has 0 aromatic heterocycles. The molecule has 54 heavy (non-hydrogen) atoms. The first kappa shape index (κ1) is 38.7. The maximum atomic E-state index is 13.4. The number of nitro groups is 3. The molecule has 0 bridgehead atoms. The van der Waals surface area contributed by atoms with Crippen molar-refractivity contribution in [3.8, 4) is 0 Å². The van der Waals surface area contributed by atoms with Gasteiger partial charge in [0, 0.05) is 60.0 Å². The lowest BCUT2D eigenvalue weighted by Gasteiger charge is -2.45. The number of rotatable bonds is 16. The van der Waals surface area contributed by atoms with Crippen LogP contribution in [0, 0.1) is 36.3 Å². The summed E-state index contributed by atoms with van der Waals surface area (Å²) in [6.45, 7) is 1.01. The highest BCUT2D eigenvalue weighted by molar-refractivity contribution is 8.03. The van der Waals surface area contributed by atoms with Crippen LogP contribution in [0.1, 0.15) is 30.0 Å². The van der Waals surface area contributed by atoms with E-state index in [4.69, 9.17) is 18.9 Å². The van der Waals surface area contributed by atoms with Crippen LogP contribution in [0.4, 0.5) is 26.7 Å². The number of esters is 1. The van der Waals surface area contributed by atoms with E-state index < -0.39 is 57.0 Å². The number of nitro benzene ring substituents is 3. The normalized spacial score (nSPS) is 16.4. The fraction of sp³-hybridized carbons (Fsp3) is 0.294. The van der Waals surface area contributed by atoms with E-state index in [1.165, 1.54) is 96.4 Å². The number of non-ortho nitro benzene ring substituents is 3. The van der Waals surface area contributed by atoms with Gasteiger partial charge in [0.25, 0.3) is 17.1 Å². The molecule has 3 aromatic carbocycles. The number of fused-ring (bicyclic) bond motifs is 1. The maximum Gasteiger partial charge on any atom is 0.508 e. The van der Waals surface area contributed by atoms with Gasteiger partial charge in [0.1, 0.15) is 31.6 Å². The Bertz CT molecular complexity index is 1970. The highest BCUT2D eigenvalue weighted by atomic mass is 32.2. The molecule has 1 N–H and O–H groups in total. The Morgan fingerprint density at radius 1 is 0.778 bits per heavy atom. The summed E-state index contributed by atoms with van der Waals surface area (Å²) in [6, 6.07) is 15.7. The Labute approximate surface area is 309 Å². The number of amides is 2. The number of alkyl carbamates (subject to hydrolysis) is 1. The monoisotopic (exact) mass is 765 g/mol. The van der Waals surface area contributed by atoms with Crippen molar-refractivity contribution in [3.63, 3.8) is 0 Å². The number of hydrogen-bond acceptors (Lipinski definition) is 15. The number of thioether (sulfide) groups is 1. The second kappa shape index (κ2) is 17.3. The molecule has 2 aliphatic rings. The van der Waals surface area contributed by atoms with Gasteiger partial charge in [0.05, 0.1) is 26.7 Å². The zero-order valence-corrected chi connectivity index (χ0v) is 29.1. The molecule has 282 valence electrons. The minimum Gasteiger partial charge on any atom is -0.456 e. The molecular formula is C34H31N5O14S. The molecule has 3 aromatic rings. The van der Waals surface area contributed by atoms with E-state index in [1.54, 1.807) is 0 Å². The van der Waals surface area contributed by atoms with E-state index in [0.29, 0.717) is 21.6 Å². The van der Waals surface area contributed by atoms with Crippen LogP contribution in [0.3, 0.4) is 0 Å². The number of nitrogens with one attached hydrogen (secondary N) is 1. The molecule has 2 heterocycles. The van der Waals surface area contributed by atoms with E-state index in [-0.39, 0.29) is 61.3 Å². The van der Waals surface area contributed by atoms with Gasteiger partial charge in [0.15, 0.2) is 0 Å². The van der Waals surface area contributed by atoms with E-state index >= 15 is 0 Å². The van der Waals surface area contributed by atoms with Crippen LogP contribution in [0.5, 0.6) is 0 Å². The SMILES string of the molecule is C[C@@H](OC(=O)OCc1ccc([N+](=O)[O-])cc1)[C@H]1C(=O)N2C(C(=O)OCc3ccc([N+](=O)[O-])cc3)=C(SCCNC(=O)OCc3ccc([N+](=O)[O-])cc3)C[C@H]12. The number of carbonyl (C=O) groups excluding carboxylic acids is 4. The Morgan fingerprint density at radius 3 is 1.72 bits per heavy atom. The van der Waals surface area contributed by atoms with Gasteiger partial charge in [-0.25, -0.2) is 14.4 Å². The number of nitrogens with zero attached hydrogens (tertiary/aromatic N) is 4. The van der Waals surface area contributed by atoms with Crippen LogP contribution in [-0.4, -0.2) is 68.2 Å². The summed E-state index contributed by atoms with van der Waals surface area (Å²) in [7, 11) is 0. The van der Waals surface area contributed by atoms with Gasteiger partial charge in [-0.05, 0) is 60.0 Å². The second-order valence-corrected chi connectivity index (χ2v) is 13.0. The standard InChI is InChI=1S/C34H31N5O14S/c1-20(53-34(43)52-19-23-6-12-26(13-7-23)39(48)49)29-27-16-28(54-15-14-35-33(42)51-18-22-4-10-25(11-5-22)38(46)47)30(36(27)31(29)40)32(41)50-17-21-2-8-24(9-3-21)37(44)45/h2-13,20,27,29H,14-19H2,1H3,(H,35,42)/t20-,27-,29-/m1/s1. The average Bonchev–Trinajstić information content (AvgIpc) is 3.48. The smallest absolute Gasteiger partial charge is 0.456 e. The van der Waals surface area contributed by atoms with E-state index in [0.717, 1.165) is 0 Å². The topological polar surface area (TPSA) is 250 Å². The predicted octanol–water partition coefficient (Wildman–Crippen LogP) is 5.30. The minimum atomic E-state index is -1.07. The fourth-order valence-electron chi connectivity index (χ4n) is 5.62. The third-order valence-corrected chi connectivity index (χ3v) is 9.45. The fourth-order valence-corrected chi connectivity index (χ4v) is 6.68. The summed E-state index contributed by atoms with van der Waals surface area (Å²) in [5, 5.41) is 35.3. The van der Waals surface area contributed by atoms with Crippen molar-refractivity contribution >= 4 is 52.9 Å². The van der Waals surface area contributed by atoms with E-state index in [1.807, 2.05) is 0 Å². The molecular weight excluding hydrogens is 734 g/mol. The van der Waals surface area contributed by atoms with Crippen LogP contribution in [0.2, 0.25) is 0 Å². The van der Waals surface area contributed by atoms with Crippen molar-refractivity contribution in [2.75, 3.05) is 12.3 Å². The van der Waals surface area contributed by atoms with Crippen LogP contribution in [-0.2, 0) is 48.4 Å². The molecule has 3 atom stereocenters. The highest BCUT2D eigenvalue weighted by Gasteiger charge is 2.58. The lowest BCUT2D eigenvalue weighted by atomic mass is 9.83. The van der Waals surface area contributed by atoms with E-state index in [9.17, 15) is 49.5 Å². The molecule has 1 saturated heterocycles. The molecule has 0 radical (unpaired) electrons. The largest absolute Gasteiger partial charge is 0.508 e. The third-order valence-electron chi connectivity index (χ3n) is 8.34. The zero-order chi connectivity index (χ0) is 38.9. The molecule has 0 spiro atoms. The Balaban J connectivity index is 1.17. The summed E-state index contributed by atoms with van der Waals surface area (Å²) >= 11 is 1.19. The average molecular weight is 766 g/mol. The Hall–Kier alpha value is -6.57. The number of hydrogen-bond donors (Lipinski definition) is 1. The summed E-state index contributed by atoms with van der Waals surface area (Å²) in [6.07, 6.45) is -2.57. The van der Waals surface area contributed by atoms with Gasteiger partial charge in [-0.1, -0.05) is 0 Å². The van der Waals surface area contributed by atoms with Crippen molar-refractivity contribution in [2.24, 2.45) is 5.92 Å². The first-order chi connectivity index (χ1) is 25.8.